The molecule has 0 aromatic rings. The minimum Gasteiger partial charge on any atom is -0.313 e. The Bertz CT molecular complexity index is 159. The molecule has 0 amide bonds. The van der Waals surface area contributed by atoms with E-state index < -0.39 is 6.95 Å². The van der Waals surface area contributed by atoms with Crippen molar-refractivity contribution < 1.29 is 14.0 Å². The monoisotopic (exact) mass is 169 g/mol. The molecule has 0 radical (unpaired) electrons. The van der Waals surface area contributed by atoms with E-state index in [4.69, 9.17) is 21.4 Å². The smallest absolute Gasteiger partial charge is 0.313 e. The Morgan fingerprint density at radius 1 is 1.89 bits per heavy atom. The Balaban J connectivity index is 3.32. The average Bonchev–Trinajstić information content (AvgIpc) is 1.63. The standard InChI is InChI=1S/C3H5ClNO3P/c4-9(6,7)8-3-1-2-5/h1,3H2,(H,6,7). The second-order valence-electron chi connectivity index (χ2n) is 1.19. The predicted molar refractivity (Wildman–Crippen MR) is 31.9 cm³/mol. The van der Waals surface area contributed by atoms with Gasteiger partial charge in [0.1, 0.15) is 0 Å². The van der Waals surface area contributed by atoms with Crippen molar-refractivity contribution in [1.29, 1.82) is 5.26 Å². The Morgan fingerprint density at radius 2 is 2.44 bits per heavy atom. The van der Waals surface area contributed by atoms with Crippen LogP contribution in [0.4, 0.5) is 0 Å². The van der Waals surface area contributed by atoms with Gasteiger partial charge in [-0.15, -0.1) is 0 Å². The van der Waals surface area contributed by atoms with E-state index in [1.807, 2.05) is 0 Å². The van der Waals surface area contributed by atoms with Gasteiger partial charge in [-0.2, -0.15) is 5.26 Å². The first-order chi connectivity index (χ1) is 4.06. The van der Waals surface area contributed by atoms with Gasteiger partial charge in [-0.1, -0.05) is 0 Å². The van der Waals surface area contributed by atoms with Gasteiger partial charge in [0.2, 0.25) is 0 Å². The zero-order valence-corrected chi connectivity index (χ0v) is 6.10. The summed E-state index contributed by atoms with van der Waals surface area (Å²) in [6.07, 6.45) is 0.0667. The van der Waals surface area contributed by atoms with E-state index >= 15 is 0 Å². The summed E-state index contributed by atoms with van der Waals surface area (Å²) in [5.41, 5.74) is 0. The fraction of sp³-hybridized carbons (Fsp3) is 0.667. The highest BCUT2D eigenvalue weighted by atomic mass is 35.7. The highest BCUT2D eigenvalue weighted by molar-refractivity contribution is 7.80. The Morgan fingerprint density at radius 3 is 2.78 bits per heavy atom. The molecule has 1 atom stereocenters. The average molecular weight is 170 g/mol. The van der Waals surface area contributed by atoms with Crippen LogP contribution in [-0.2, 0) is 9.09 Å². The van der Waals surface area contributed by atoms with Gasteiger partial charge in [-0.3, -0.25) is 4.52 Å². The molecule has 0 aliphatic carbocycles. The largest absolute Gasteiger partial charge is 0.421 e. The van der Waals surface area contributed by atoms with E-state index in [1.54, 1.807) is 6.07 Å². The maximum atomic E-state index is 10.1. The number of halogens is 1. The number of hydrogen-bond donors (Lipinski definition) is 1. The molecule has 0 aliphatic heterocycles. The van der Waals surface area contributed by atoms with Crippen LogP contribution >= 0.6 is 18.2 Å². The summed E-state index contributed by atoms with van der Waals surface area (Å²) in [7, 11) is 0. The molecule has 0 saturated heterocycles. The molecule has 1 unspecified atom stereocenters. The second kappa shape index (κ2) is 3.86. The molecule has 52 valence electrons. The van der Waals surface area contributed by atoms with Crippen molar-refractivity contribution in [3.63, 3.8) is 0 Å². The van der Waals surface area contributed by atoms with Crippen molar-refractivity contribution in [3.8, 4) is 6.07 Å². The van der Waals surface area contributed by atoms with Crippen LogP contribution in [0.3, 0.4) is 0 Å². The molecular weight excluding hydrogens is 164 g/mol. The molecule has 1 N–H and O–H groups in total. The molecule has 4 nitrogen and oxygen atoms in total. The molecule has 0 aromatic carbocycles. The van der Waals surface area contributed by atoms with Crippen molar-refractivity contribution in [3.05, 3.63) is 0 Å². The summed E-state index contributed by atoms with van der Waals surface area (Å²) in [5, 5.41) is 7.92. The van der Waals surface area contributed by atoms with Crippen LogP contribution in [0, 0.1) is 11.3 Å². The van der Waals surface area contributed by atoms with E-state index in [-0.39, 0.29) is 13.0 Å². The lowest BCUT2D eigenvalue weighted by Gasteiger charge is -1.99. The van der Waals surface area contributed by atoms with Gasteiger partial charge in [0.15, 0.2) is 0 Å². The van der Waals surface area contributed by atoms with Gasteiger partial charge < -0.3 is 4.89 Å². The zero-order valence-electron chi connectivity index (χ0n) is 4.45. The van der Waals surface area contributed by atoms with Gasteiger partial charge in [0, 0.05) is 11.2 Å². The minimum absolute atomic E-state index is 0.0667. The molecule has 6 heteroatoms. The van der Waals surface area contributed by atoms with Crippen molar-refractivity contribution >= 4 is 18.2 Å². The quantitative estimate of drug-likeness (QED) is 0.510. The summed E-state index contributed by atoms with van der Waals surface area (Å²) < 4.78 is 14.2. The fourth-order valence-electron chi connectivity index (χ4n) is 0.204. The first-order valence-electron chi connectivity index (χ1n) is 2.10. The van der Waals surface area contributed by atoms with Gasteiger partial charge in [0.05, 0.1) is 19.1 Å². The van der Waals surface area contributed by atoms with E-state index in [0.717, 1.165) is 0 Å². The predicted octanol–water partition coefficient (Wildman–Crippen LogP) is 1.26. The molecule has 0 bridgehead atoms. The third-order valence-corrected chi connectivity index (χ3v) is 1.26. The van der Waals surface area contributed by atoms with Crippen molar-refractivity contribution in [2.45, 2.75) is 6.42 Å². The molecule has 0 fully saturated rings. The zero-order chi connectivity index (χ0) is 7.33. The fourth-order valence-corrected chi connectivity index (χ4v) is 0.727. The van der Waals surface area contributed by atoms with Gasteiger partial charge in [0.25, 0.3) is 0 Å². The first kappa shape index (κ1) is 8.93. The maximum absolute atomic E-state index is 10.1. The van der Waals surface area contributed by atoms with Gasteiger partial charge >= 0.3 is 6.95 Å². The summed E-state index contributed by atoms with van der Waals surface area (Å²) in [6.45, 7) is -3.98. The van der Waals surface area contributed by atoms with Gasteiger partial charge in [-0.05, 0) is 0 Å². The van der Waals surface area contributed by atoms with Crippen molar-refractivity contribution in [1.82, 2.24) is 0 Å². The van der Waals surface area contributed by atoms with Gasteiger partial charge in [-0.25, -0.2) is 4.57 Å². The summed E-state index contributed by atoms with van der Waals surface area (Å²) in [4.78, 5) is 8.23. The molecule has 0 aromatic heterocycles. The SMILES string of the molecule is N#CCCOP(=O)(O)Cl. The molecule has 0 heterocycles. The molecule has 9 heavy (non-hydrogen) atoms. The van der Waals surface area contributed by atoms with E-state index in [1.165, 1.54) is 0 Å². The number of rotatable bonds is 3. The molecular formula is C3H5ClNO3P. The first-order valence-corrected chi connectivity index (χ1v) is 4.58. The highest BCUT2D eigenvalue weighted by Gasteiger charge is 2.12. The maximum Gasteiger partial charge on any atom is 0.421 e. The Labute approximate surface area is 57.3 Å². The topological polar surface area (TPSA) is 70.3 Å². The van der Waals surface area contributed by atoms with Crippen LogP contribution in [-0.4, -0.2) is 11.5 Å². The second-order valence-corrected chi connectivity index (χ2v) is 3.64. The summed E-state index contributed by atoms with van der Waals surface area (Å²) >= 11 is 4.75. The minimum atomic E-state index is -3.87. The third-order valence-electron chi connectivity index (χ3n) is 0.464. The summed E-state index contributed by atoms with van der Waals surface area (Å²) in [6, 6.07) is 1.72. The molecule has 0 saturated carbocycles. The number of hydrogen-bond acceptors (Lipinski definition) is 3. The Kier molecular flexibility index (Phi) is 3.83. The summed E-state index contributed by atoms with van der Waals surface area (Å²) in [5.74, 6) is 0. The van der Waals surface area contributed by atoms with E-state index in [2.05, 4.69) is 4.52 Å². The van der Waals surface area contributed by atoms with Crippen LogP contribution in [0.15, 0.2) is 0 Å². The molecule has 0 aliphatic rings. The lowest BCUT2D eigenvalue weighted by Crippen LogP contribution is -1.85. The van der Waals surface area contributed by atoms with Crippen LogP contribution in [0.2, 0.25) is 0 Å². The van der Waals surface area contributed by atoms with E-state index in [0.29, 0.717) is 0 Å². The van der Waals surface area contributed by atoms with Crippen molar-refractivity contribution in [2.24, 2.45) is 0 Å². The normalized spacial score (nSPS) is 16.1. The number of nitrogens with zero attached hydrogens (tertiary/aromatic N) is 1. The van der Waals surface area contributed by atoms with Crippen LogP contribution in [0.5, 0.6) is 0 Å². The van der Waals surface area contributed by atoms with Crippen LogP contribution < -0.4 is 0 Å². The van der Waals surface area contributed by atoms with E-state index in [9.17, 15) is 4.57 Å². The highest BCUT2D eigenvalue weighted by Crippen LogP contribution is 2.47. The Hall–Kier alpha value is -0.0700. The lowest BCUT2D eigenvalue weighted by molar-refractivity contribution is 0.281. The van der Waals surface area contributed by atoms with Crippen molar-refractivity contribution in [2.75, 3.05) is 6.61 Å². The lowest BCUT2D eigenvalue weighted by atomic mass is 10.5. The van der Waals surface area contributed by atoms with Crippen LogP contribution in [0.25, 0.3) is 0 Å². The number of nitriles is 1. The third kappa shape index (κ3) is 7.93. The molecule has 0 spiro atoms. The molecule has 0 rings (SSSR count). The van der Waals surface area contributed by atoms with Crippen LogP contribution in [0.1, 0.15) is 6.42 Å².